The van der Waals surface area contributed by atoms with Crippen molar-refractivity contribution in [2.45, 2.75) is 57.9 Å². The Labute approximate surface area is 97.6 Å². The van der Waals surface area contributed by atoms with Crippen LogP contribution in [0.1, 0.15) is 52.4 Å². The van der Waals surface area contributed by atoms with Crippen LogP contribution < -0.4 is 5.32 Å². The van der Waals surface area contributed by atoms with Gasteiger partial charge < -0.3 is 10.4 Å². The predicted molar refractivity (Wildman–Crippen MR) is 63.3 cm³/mol. The molecular weight excluding hydrogens is 202 g/mol. The van der Waals surface area contributed by atoms with Crippen LogP contribution in [0.25, 0.3) is 0 Å². The van der Waals surface area contributed by atoms with E-state index in [9.17, 15) is 9.90 Å². The molecule has 0 aromatic carbocycles. The summed E-state index contributed by atoms with van der Waals surface area (Å²) in [6.07, 6.45) is 6.27. The normalized spacial score (nSPS) is 33.6. The van der Waals surface area contributed by atoms with E-state index in [4.69, 9.17) is 0 Å². The molecule has 0 amide bonds. The maximum Gasteiger partial charge on any atom is 0.323 e. The van der Waals surface area contributed by atoms with Gasteiger partial charge in [0.25, 0.3) is 0 Å². The van der Waals surface area contributed by atoms with Gasteiger partial charge >= 0.3 is 5.97 Å². The monoisotopic (exact) mass is 225 g/mol. The van der Waals surface area contributed by atoms with Crippen molar-refractivity contribution in [1.29, 1.82) is 0 Å². The zero-order valence-corrected chi connectivity index (χ0v) is 10.4. The van der Waals surface area contributed by atoms with E-state index >= 15 is 0 Å². The van der Waals surface area contributed by atoms with Gasteiger partial charge in [-0.2, -0.15) is 0 Å². The Morgan fingerprint density at radius 1 is 1.38 bits per heavy atom. The summed E-state index contributed by atoms with van der Waals surface area (Å²) < 4.78 is 0. The molecule has 0 spiro atoms. The lowest BCUT2D eigenvalue weighted by Crippen LogP contribution is -2.56. The van der Waals surface area contributed by atoms with E-state index in [1.165, 1.54) is 12.8 Å². The smallest absolute Gasteiger partial charge is 0.323 e. The summed E-state index contributed by atoms with van der Waals surface area (Å²) in [4.78, 5) is 11.5. The van der Waals surface area contributed by atoms with Gasteiger partial charge in [0.05, 0.1) is 0 Å². The third-order valence-electron chi connectivity index (χ3n) is 4.07. The van der Waals surface area contributed by atoms with E-state index in [2.05, 4.69) is 19.2 Å². The second kappa shape index (κ2) is 4.02. The third kappa shape index (κ3) is 2.57. The number of hydrogen-bond acceptors (Lipinski definition) is 2. The largest absolute Gasteiger partial charge is 0.480 e. The third-order valence-corrected chi connectivity index (χ3v) is 4.07. The van der Waals surface area contributed by atoms with Crippen LogP contribution in [-0.4, -0.2) is 23.2 Å². The molecule has 3 nitrogen and oxygen atoms in total. The van der Waals surface area contributed by atoms with Gasteiger partial charge in [0.2, 0.25) is 0 Å². The maximum absolute atomic E-state index is 11.5. The minimum absolute atomic E-state index is 0.160. The summed E-state index contributed by atoms with van der Waals surface area (Å²) in [6, 6.07) is 0. The first-order valence-electron chi connectivity index (χ1n) is 6.42. The standard InChI is InChI=1S/C13H23NO2/c1-12(2)6-3-7-13(9-12,11(15)16)14-8-10-4-5-10/h10,14H,3-9H2,1-2H3,(H,15,16). The lowest BCUT2D eigenvalue weighted by Gasteiger charge is -2.42. The molecule has 0 radical (unpaired) electrons. The van der Waals surface area contributed by atoms with Gasteiger partial charge in [0, 0.05) is 0 Å². The minimum Gasteiger partial charge on any atom is -0.480 e. The van der Waals surface area contributed by atoms with Gasteiger partial charge in [0.15, 0.2) is 0 Å². The summed E-state index contributed by atoms with van der Waals surface area (Å²) in [5, 5.41) is 12.8. The van der Waals surface area contributed by atoms with Gasteiger partial charge in [-0.1, -0.05) is 20.3 Å². The molecule has 0 bridgehead atoms. The van der Waals surface area contributed by atoms with E-state index in [0.717, 1.165) is 38.1 Å². The first-order chi connectivity index (χ1) is 7.44. The molecule has 2 aliphatic rings. The fourth-order valence-electron chi connectivity index (χ4n) is 2.93. The Bertz CT molecular complexity index is 284. The number of rotatable bonds is 4. The molecule has 0 heterocycles. The van der Waals surface area contributed by atoms with Crippen LogP contribution in [-0.2, 0) is 4.79 Å². The summed E-state index contributed by atoms with van der Waals surface area (Å²) >= 11 is 0. The fourth-order valence-corrected chi connectivity index (χ4v) is 2.93. The molecule has 2 rings (SSSR count). The molecule has 92 valence electrons. The molecule has 2 N–H and O–H groups in total. The summed E-state index contributed by atoms with van der Waals surface area (Å²) in [6.45, 7) is 5.26. The van der Waals surface area contributed by atoms with Gasteiger partial charge in [-0.05, 0) is 50.0 Å². The van der Waals surface area contributed by atoms with Crippen LogP contribution in [0.3, 0.4) is 0 Å². The first kappa shape index (κ1) is 11.9. The van der Waals surface area contributed by atoms with Crippen molar-refractivity contribution < 1.29 is 9.90 Å². The number of carboxylic acids is 1. The molecule has 16 heavy (non-hydrogen) atoms. The van der Waals surface area contributed by atoms with Crippen LogP contribution >= 0.6 is 0 Å². The molecule has 0 aliphatic heterocycles. The van der Waals surface area contributed by atoms with Crippen molar-refractivity contribution in [1.82, 2.24) is 5.32 Å². The molecule has 0 aromatic heterocycles. The number of carbonyl (C=O) groups is 1. The average molecular weight is 225 g/mol. The van der Waals surface area contributed by atoms with E-state index in [-0.39, 0.29) is 5.41 Å². The van der Waals surface area contributed by atoms with E-state index in [1.54, 1.807) is 0 Å². The summed E-state index contributed by atoms with van der Waals surface area (Å²) in [7, 11) is 0. The van der Waals surface area contributed by atoms with Crippen LogP contribution in [0.4, 0.5) is 0 Å². The van der Waals surface area contributed by atoms with Crippen molar-refractivity contribution >= 4 is 5.97 Å². The second-order valence-electron chi connectivity index (χ2n) is 6.41. The molecule has 1 unspecified atom stereocenters. The molecule has 2 fully saturated rings. The van der Waals surface area contributed by atoms with Crippen LogP contribution in [0, 0.1) is 11.3 Å². The van der Waals surface area contributed by atoms with Crippen molar-refractivity contribution in [3.05, 3.63) is 0 Å². The van der Waals surface area contributed by atoms with Crippen LogP contribution in [0.2, 0.25) is 0 Å². The Morgan fingerprint density at radius 2 is 2.06 bits per heavy atom. The number of hydrogen-bond donors (Lipinski definition) is 2. The topological polar surface area (TPSA) is 49.3 Å². The van der Waals surface area contributed by atoms with Crippen LogP contribution in [0.15, 0.2) is 0 Å². The molecular formula is C13H23NO2. The van der Waals surface area contributed by atoms with E-state index in [1.807, 2.05) is 0 Å². The molecule has 2 aliphatic carbocycles. The Morgan fingerprint density at radius 3 is 2.56 bits per heavy atom. The first-order valence-corrected chi connectivity index (χ1v) is 6.42. The predicted octanol–water partition coefficient (Wildman–Crippen LogP) is 2.41. The molecule has 3 heteroatoms. The van der Waals surface area contributed by atoms with Gasteiger partial charge in [0.1, 0.15) is 5.54 Å². The van der Waals surface area contributed by atoms with Crippen LogP contribution in [0.5, 0.6) is 0 Å². The zero-order chi connectivity index (χ0) is 11.8. The van der Waals surface area contributed by atoms with Gasteiger partial charge in [-0.15, -0.1) is 0 Å². The molecule has 2 saturated carbocycles. The quantitative estimate of drug-likeness (QED) is 0.772. The van der Waals surface area contributed by atoms with Crippen molar-refractivity contribution in [2.24, 2.45) is 11.3 Å². The highest BCUT2D eigenvalue weighted by atomic mass is 16.4. The number of carboxylic acid groups (broad SMARTS) is 1. The maximum atomic E-state index is 11.5. The SMILES string of the molecule is CC1(C)CCCC(NCC2CC2)(C(=O)O)C1. The Kier molecular flexibility index (Phi) is 2.99. The summed E-state index contributed by atoms with van der Waals surface area (Å²) in [5.41, 5.74) is -0.489. The molecule has 0 saturated heterocycles. The zero-order valence-electron chi connectivity index (χ0n) is 10.4. The van der Waals surface area contributed by atoms with Gasteiger partial charge in [-0.25, -0.2) is 0 Å². The fraction of sp³-hybridized carbons (Fsp3) is 0.923. The average Bonchev–Trinajstić information content (AvgIpc) is 2.96. The highest BCUT2D eigenvalue weighted by Gasteiger charge is 2.46. The van der Waals surface area contributed by atoms with E-state index < -0.39 is 11.5 Å². The number of nitrogens with one attached hydrogen (secondary N) is 1. The Hall–Kier alpha value is -0.570. The van der Waals surface area contributed by atoms with Crippen molar-refractivity contribution in [3.8, 4) is 0 Å². The number of aliphatic carboxylic acids is 1. The van der Waals surface area contributed by atoms with Crippen molar-refractivity contribution in [2.75, 3.05) is 6.54 Å². The molecule has 0 aromatic rings. The second-order valence-corrected chi connectivity index (χ2v) is 6.41. The highest BCUT2D eigenvalue weighted by molar-refractivity contribution is 5.79. The summed E-state index contributed by atoms with van der Waals surface area (Å²) in [5.74, 6) is 0.0854. The van der Waals surface area contributed by atoms with Crippen molar-refractivity contribution in [3.63, 3.8) is 0 Å². The minimum atomic E-state index is -0.652. The van der Waals surface area contributed by atoms with Gasteiger partial charge in [-0.3, -0.25) is 4.79 Å². The lowest BCUT2D eigenvalue weighted by molar-refractivity contribution is -0.148. The molecule has 1 atom stereocenters. The highest BCUT2D eigenvalue weighted by Crippen LogP contribution is 2.41. The lowest BCUT2D eigenvalue weighted by atomic mass is 9.68. The Balaban J connectivity index is 2.03. The van der Waals surface area contributed by atoms with E-state index in [0.29, 0.717) is 0 Å².